The second-order valence-electron chi connectivity index (χ2n) is 4.00. The minimum Gasteiger partial charge on any atom is -0.311 e. The van der Waals surface area contributed by atoms with E-state index in [1.807, 2.05) is 16.8 Å². The molecule has 1 unspecified atom stereocenters. The van der Waals surface area contributed by atoms with Crippen LogP contribution in [0.4, 0.5) is 0 Å². The Morgan fingerprint density at radius 1 is 1.43 bits per heavy atom. The van der Waals surface area contributed by atoms with Crippen molar-refractivity contribution in [2.24, 2.45) is 0 Å². The van der Waals surface area contributed by atoms with Crippen molar-refractivity contribution in [1.29, 1.82) is 0 Å². The third-order valence-electron chi connectivity index (χ3n) is 2.84. The maximum absolute atomic E-state index is 11.6. The summed E-state index contributed by atoms with van der Waals surface area (Å²) in [4.78, 5) is 13.9. The maximum Gasteiger partial charge on any atom is 0.250 e. The van der Waals surface area contributed by atoms with E-state index in [1.165, 1.54) is 6.42 Å². The first kappa shape index (κ1) is 9.46. The van der Waals surface area contributed by atoms with Gasteiger partial charge in [0.2, 0.25) is 0 Å². The molecule has 1 aliphatic heterocycles. The Morgan fingerprint density at radius 3 is 3.00 bits per heavy atom. The molecule has 1 aromatic rings. The molecule has 0 amide bonds. The van der Waals surface area contributed by atoms with Crippen LogP contribution in [0.1, 0.15) is 18.9 Å². The van der Waals surface area contributed by atoms with Gasteiger partial charge in [-0.2, -0.15) is 0 Å². The van der Waals surface area contributed by atoms with Crippen molar-refractivity contribution in [2.45, 2.75) is 18.9 Å². The number of hydrogen-bond acceptors (Lipinski definition) is 2. The van der Waals surface area contributed by atoms with E-state index >= 15 is 0 Å². The molecular weight excluding hydrogens is 176 g/mol. The van der Waals surface area contributed by atoms with Gasteiger partial charge in [0.15, 0.2) is 0 Å². The molecular formula is C11H16N2O. The van der Waals surface area contributed by atoms with Gasteiger partial charge >= 0.3 is 0 Å². The summed E-state index contributed by atoms with van der Waals surface area (Å²) < 4.78 is 1.86. The molecule has 0 radical (unpaired) electrons. The maximum atomic E-state index is 11.6. The molecule has 0 aliphatic carbocycles. The number of hydrogen-bond donors (Lipinski definition) is 0. The largest absolute Gasteiger partial charge is 0.311 e. The lowest BCUT2D eigenvalue weighted by Crippen LogP contribution is -2.37. The van der Waals surface area contributed by atoms with E-state index in [2.05, 4.69) is 11.9 Å². The van der Waals surface area contributed by atoms with E-state index in [-0.39, 0.29) is 5.56 Å². The van der Waals surface area contributed by atoms with Crippen LogP contribution < -0.4 is 5.56 Å². The van der Waals surface area contributed by atoms with Crippen LogP contribution in [0.25, 0.3) is 0 Å². The second-order valence-corrected chi connectivity index (χ2v) is 4.00. The number of rotatable bonds is 1. The van der Waals surface area contributed by atoms with E-state index in [0.29, 0.717) is 6.04 Å². The van der Waals surface area contributed by atoms with Gasteiger partial charge in [-0.1, -0.05) is 6.07 Å². The van der Waals surface area contributed by atoms with E-state index in [0.717, 1.165) is 19.5 Å². The lowest BCUT2D eigenvalue weighted by Gasteiger charge is -2.30. The highest BCUT2D eigenvalue weighted by atomic mass is 16.1. The molecule has 1 fully saturated rings. The molecule has 0 bridgehead atoms. The van der Waals surface area contributed by atoms with Crippen molar-refractivity contribution in [3.8, 4) is 0 Å². The van der Waals surface area contributed by atoms with E-state index in [1.54, 1.807) is 12.1 Å². The fraction of sp³-hybridized carbons (Fsp3) is 0.545. The molecule has 2 heterocycles. The number of aromatic nitrogens is 1. The summed E-state index contributed by atoms with van der Waals surface area (Å²) in [7, 11) is 2.11. The zero-order chi connectivity index (χ0) is 9.97. The fourth-order valence-corrected chi connectivity index (χ4v) is 2.11. The molecule has 0 saturated carbocycles. The zero-order valence-corrected chi connectivity index (χ0v) is 8.52. The topological polar surface area (TPSA) is 25.2 Å². The highest BCUT2D eigenvalue weighted by Crippen LogP contribution is 2.18. The average Bonchev–Trinajstić information content (AvgIpc) is 2.18. The summed E-state index contributed by atoms with van der Waals surface area (Å²) in [6, 6.07) is 5.72. The third kappa shape index (κ3) is 1.87. The summed E-state index contributed by atoms with van der Waals surface area (Å²) in [6.45, 7) is 2.14. The Bertz CT molecular complexity index is 358. The number of nitrogens with zero attached hydrogens (tertiary/aromatic N) is 2. The molecule has 3 heteroatoms. The molecule has 2 rings (SSSR count). The molecule has 0 aromatic carbocycles. The van der Waals surface area contributed by atoms with Crippen LogP contribution in [-0.2, 0) is 0 Å². The van der Waals surface area contributed by atoms with Crippen molar-refractivity contribution < 1.29 is 0 Å². The van der Waals surface area contributed by atoms with Crippen molar-refractivity contribution in [1.82, 2.24) is 9.47 Å². The van der Waals surface area contributed by atoms with Gasteiger partial charge in [-0.05, 0) is 32.5 Å². The van der Waals surface area contributed by atoms with Crippen molar-refractivity contribution in [3.63, 3.8) is 0 Å². The van der Waals surface area contributed by atoms with Gasteiger partial charge in [-0.3, -0.25) is 4.79 Å². The molecule has 0 N–H and O–H groups in total. The Balaban J connectivity index is 2.22. The molecule has 76 valence electrons. The molecule has 0 spiro atoms. The van der Waals surface area contributed by atoms with Gasteiger partial charge in [0, 0.05) is 24.8 Å². The molecule has 1 aliphatic rings. The van der Waals surface area contributed by atoms with Gasteiger partial charge in [-0.15, -0.1) is 0 Å². The van der Waals surface area contributed by atoms with Gasteiger partial charge in [0.1, 0.15) is 0 Å². The lowest BCUT2D eigenvalue weighted by atomic mass is 10.1. The minimum atomic E-state index is 0.118. The van der Waals surface area contributed by atoms with E-state index < -0.39 is 0 Å². The summed E-state index contributed by atoms with van der Waals surface area (Å²) in [5, 5.41) is 0. The van der Waals surface area contributed by atoms with Crippen molar-refractivity contribution >= 4 is 0 Å². The Labute approximate surface area is 84.0 Å². The first-order chi connectivity index (χ1) is 6.77. The summed E-state index contributed by atoms with van der Waals surface area (Å²) in [5.41, 5.74) is 0.118. The highest BCUT2D eigenvalue weighted by molar-refractivity contribution is 4.96. The SMILES string of the molecule is CN1CCCC(n2ccccc2=O)C1. The summed E-state index contributed by atoms with van der Waals surface area (Å²) in [5.74, 6) is 0. The minimum absolute atomic E-state index is 0.118. The van der Waals surface area contributed by atoms with Crippen LogP contribution in [0.2, 0.25) is 0 Å². The van der Waals surface area contributed by atoms with Crippen LogP contribution in [0.15, 0.2) is 29.2 Å². The normalized spacial score (nSPS) is 23.6. The van der Waals surface area contributed by atoms with E-state index in [4.69, 9.17) is 0 Å². The van der Waals surface area contributed by atoms with Gasteiger partial charge < -0.3 is 9.47 Å². The predicted octanol–water partition coefficient (Wildman–Crippen LogP) is 1.11. The molecule has 1 atom stereocenters. The van der Waals surface area contributed by atoms with Crippen LogP contribution >= 0.6 is 0 Å². The zero-order valence-electron chi connectivity index (χ0n) is 8.52. The Morgan fingerprint density at radius 2 is 2.29 bits per heavy atom. The average molecular weight is 192 g/mol. The Kier molecular flexibility index (Phi) is 2.68. The molecule has 1 saturated heterocycles. The first-order valence-electron chi connectivity index (χ1n) is 5.13. The molecule has 3 nitrogen and oxygen atoms in total. The quantitative estimate of drug-likeness (QED) is 0.666. The highest BCUT2D eigenvalue weighted by Gasteiger charge is 2.18. The predicted molar refractivity (Wildman–Crippen MR) is 56.5 cm³/mol. The molecule has 1 aromatic heterocycles. The lowest BCUT2D eigenvalue weighted by molar-refractivity contribution is 0.209. The van der Waals surface area contributed by atoms with Crippen LogP contribution in [0.3, 0.4) is 0 Å². The first-order valence-corrected chi connectivity index (χ1v) is 5.13. The van der Waals surface area contributed by atoms with Crippen LogP contribution in [0, 0.1) is 0 Å². The summed E-state index contributed by atoms with van der Waals surface area (Å²) >= 11 is 0. The van der Waals surface area contributed by atoms with Gasteiger partial charge in [0.05, 0.1) is 0 Å². The van der Waals surface area contributed by atoms with Crippen LogP contribution in [0.5, 0.6) is 0 Å². The Hall–Kier alpha value is -1.09. The standard InChI is InChI=1S/C11H16N2O/c1-12-7-4-5-10(9-12)13-8-3-2-6-11(13)14/h2-3,6,8,10H,4-5,7,9H2,1H3. The second kappa shape index (κ2) is 3.96. The monoisotopic (exact) mass is 192 g/mol. The number of pyridine rings is 1. The fourth-order valence-electron chi connectivity index (χ4n) is 2.11. The number of piperidine rings is 1. The van der Waals surface area contributed by atoms with Gasteiger partial charge in [0.25, 0.3) is 5.56 Å². The number of likely N-dealkylation sites (N-methyl/N-ethyl adjacent to an activating group) is 1. The summed E-state index contributed by atoms with van der Waals surface area (Å²) in [6.07, 6.45) is 4.20. The van der Waals surface area contributed by atoms with Crippen LogP contribution in [-0.4, -0.2) is 29.6 Å². The van der Waals surface area contributed by atoms with E-state index in [9.17, 15) is 4.79 Å². The number of likely N-dealkylation sites (tertiary alicyclic amines) is 1. The molecule has 14 heavy (non-hydrogen) atoms. The van der Waals surface area contributed by atoms with Crippen molar-refractivity contribution in [2.75, 3.05) is 20.1 Å². The third-order valence-corrected chi connectivity index (χ3v) is 2.84. The van der Waals surface area contributed by atoms with Crippen molar-refractivity contribution in [3.05, 3.63) is 34.7 Å². The smallest absolute Gasteiger partial charge is 0.250 e. The van der Waals surface area contributed by atoms with Gasteiger partial charge in [-0.25, -0.2) is 0 Å².